The van der Waals surface area contributed by atoms with Gasteiger partial charge in [-0.2, -0.15) is 0 Å². The fraction of sp³-hybridized carbons (Fsp3) is 0.952. The van der Waals surface area contributed by atoms with Gasteiger partial charge in [-0.3, -0.25) is 4.79 Å². The fourth-order valence-electron chi connectivity index (χ4n) is 3.59. The summed E-state index contributed by atoms with van der Waals surface area (Å²) >= 11 is 0. The number of ether oxygens (including phenoxy) is 1. The summed E-state index contributed by atoms with van der Waals surface area (Å²) in [4.78, 5) is 11.5. The van der Waals surface area contributed by atoms with Crippen molar-refractivity contribution in [3.05, 3.63) is 0 Å². The van der Waals surface area contributed by atoms with Crippen LogP contribution in [-0.4, -0.2) is 12.1 Å². The number of unbranched alkanes of at least 4 members (excludes halogenated alkanes) is 12. The molecule has 136 valence electrons. The predicted octanol–water partition coefficient (Wildman–Crippen LogP) is 6.81. The summed E-state index contributed by atoms with van der Waals surface area (Å²) in [5.41, 5.74) is 0. The van der Waals surface area contributed by atoms with Crippen molar-refractivity contribution in [1.82, 2.24) is 0 Å². The van der Waals surface area contributed by atoms with E-state index in [1.54, 1.807) is 0 Å². The summed E-state index contributed by atoms with van der Waals surface area (Å²) in [7, 11) is 0. The molecule has 1 aliphatic heterocycles. The third-order valence-electron chi connectivity index (χ3n) is 5.23. The standard InChI is InChI=1S/C21H40O2/c1-3-5-7-8-9-10-11-12-13-14-16-18-20-19(21(22)23-20)17-15-6-4-2/h19-20H,3-18H2,1-2H3/t19-,20+/m1/s1. The Balaban J connectivity index is 1.86. The maximum atomic E-state index is 11.5. The molecule has 1 aliphatic rings. The van der Waals surface area contributed by atoms with Crippen molar-refractivity contribution in [2.45, 2.75) is 123 Å². The molecule has 0 unspecified atom stereocenters. The average molecular weight is 325 g/mol. The second-order valence-electron chi connectivity index (χ2n) is 7.40. The van der Waals surface area contributed by atoms with Crippen molar-refractivity contribution < 1.29 is 9.53 Å². The highest BCUT2D eigenvalue weighted by atomic mass is 16.6. The van der Waals surface area contributed by atoms with E-state index in [4.69, 9.17) is 4.74 Å². The Morgan fingerprint density at radius 1 is 0.652 bits per heavy atom. The molecule has 0 bridgehead atoms. The van der Waals surface area contributed by atoms with Crippen LogP contribution in [-0.2, 0) is 9.53 Å². The van der Waals surface area contributed by atoms with Crippen molar-refractivity contribution in [2.24, 2.45) is 5.92 Å². The van der Waals surface area contributed by atoms with Gasteiger partial charge >= 0.3 is 5.97 Å². The molecule has 0 aromatic carbocycles. The molecule has 1 heterocycles. The minimum absolute atomic E-state index is 0.0641. The Hall–Kier alpha value is -0.530. The first-order chi connectivity index (χ1) is 11.3. The van der Waals surface area contributed by atoms with E-state index in [1.165, 1.54) is 89.9 Å². The molecule has 0 aromatic heterocycles. The highest BCUT2D eigenvalue weighted by molar-refractivity contribution is 5.78. The molecule has 0 amide bonds. The summed E-state index contributed by atoms with van der Waals surface area (Å²) in [5, 5.41) is 0. The average Bonchev–Trinajstić information content (AvgIpc) is 2.55. The molecule has 1 fully saturated rings. The highest BCUT2D eigenvalue weighted by Gasteiger charge is 2.40. The van der Waals surface area contributed by atoms with E-state index in [0.29, 0.717) is 0 Å². The normalized spacial score (nSPS) is 20.3. The highest BCUT2D eigenvalue weighted by Crippen LogP contribution is 2.31. The van der Waals surface area contributed by atoms with Gasteiger partial charge in [0, 0.05) is 0 Å². The van der Waals surface area contributed by atoms with Crippen LogP contribution in [0.2, 0.25) is 0 Å². The van der Waals surface area contributed by atoms with Crippen molar-refractivity contribution in [2.75, 3.05) is 0 Å². The molecule has 2 heteroatoms. The molecule has 0 saturated carbocycles. The van der Waals surface area contributed by atoms with E-state index in [9.17, 15) is 4.79 Å². The molecule has 1 saturated heterocycles. The molecule has 0 spiro atoms. The van der Waals surface area contributed by atoms with Gasteiger partial charge in [0.15, 0.2) is 0 Å². The van der Waals surface area contributed by atoms with Gasteiger partial charge in [-0.15, -0.1) is 0 Å². The minimum Gasteiger partial charge on any atom is -0.461 e. The zero-order valence-corrected chi connectivity index (χ0v) is 15.8. The van der Waals surface area contributed by atoms with Gasteiger partial charge in [-0.05, 0) is 19.3 Å². The maximum Gasteiger partial charge on any atom is 0.313 e. The lowest BCUT2D eigenvalue weighted by atomic mass is 9.87. The van der Waals surface area contributed by atoms with Gasteiger partial charge in [0.05, 0.1) is 5.92 Å². The van der Waals surface area contributed by atoms with Gasteiger partial charge in [-0.1, -0.05) is 97.3 Å². The molecule has 0 radical (unpaired) electrons. The van der Waals surface area contributed by atoms with E-state index in [2.05, 4.69) is 13.8 Å². The van der Waals surface area contributed by atoms with Gasteiger partial charge in [0.1, 0.15) is 6.10 Å². The monoisotopic (exact) mass is 324 g/mol. The SMILES string of the molecule is CCCCCCCCCCCCC[C@@H]1OC(=O)[C@@H]1CCCCC. The Labute approximate surface area is 144 Å². The first kappa shape index (κ1) is 20.5. The van der Waals surface area contributed by atoms with E-state index in [0.717, 1.165) is 12.8 Å². The second kappa shape index (κ2) is 13.9. The van der Waals surface area contributed by atoms with Crippen LogP contribution < -0.4 is 0 Å². The van der Waals surface area contributed by atoms with E-state index in [1.807, 2.05) is 0 Å². The number of hydrogen-bond acceptors (Lipinski definition) is 2. The maximum absolute atomic E-state index is 11.5. The number of esters is 1. The molecule has 1 rings (SSSR count). The van der Waals surface area contributed by atoms with Crippen LogP contribution in [0.15, 0.2) is 0 Å². The summed E-state index contributed by atoms with van der Waals surface area (Å²) in [5.74, 6) is 0.291. The molecule has 0 N–H and O–H groups in total. The van der Waals surface area contributed by atoms with Crippen LogP contribution in [0.5, 0.6) is 0 Å². The van der Waals surface area contributed by atoms with Crippen LogP contribution in [0, 0.1) is 5.92 Å². The molecular formula is C21H40O2. The Bertz CT molecular complexity index is 288. The third-order valence-corrected chi connectivity index (χ3v) is 5.23. The van der Waals surface area contributed by atoms with Crippen molar-refractivity contribution >= 4 is 5.97 Å². The smallest absolute Gasteiger partial charge is 0.313 e. The van der Waals surface area contributed by atoms with Crippen molar-refractivity contribution in [3.8, 4) is 0 Å². The first-order valence-corrected chi connectivity index (χ1v) is 10.5. The van der Waals surface area contributed by atoms with Gasteiger partial charge in [-0.25, -0.2) is 0 Å². The van der Waals surface area contributed by atoms with Crippen LogP contribution in [0.1, 0.15) is 117 Å². The largest absolute Gasteiger partial charge is 0.461 e. The number of carbonyl (C=O) groups is 1. The summed E-state index contributed by atoms with van der Waals surface area (Å²) in [6.07, 6.45) is 21.2. The molecule has 0 aliphatic carbocycles. The van der Waals surface area contributed by atoms with Gasteiger partial charge in [0.25, 0.3) is 0 Å². The zero-order valence-electron chi connectivity index (χ0n) is 15.8. The minimum atomic E-state index is 0.0641. The first-order valence-electron chi connectivity index (χ1n) is 10.5. The Morgan fingerprint density at radius 2 is 1.09 bits per heavy atom. The van der Waals surface area contributed by atoms with Gasteiger partial charge in [0.2, 0.25) is 0 Å². The third kappa shape index (κ3) is 9.37. The second-order valence-corrected chi connectivity index (χ2v) is 7.40. The fourth-order valence-corrected chi connectivity index (χ4v) is 3.59. The van der Waals surface area contributed by atoms with Crippen molar-refractivity contribution in [3.63, 3.8) is 0 Å². The van der Waals surface area contributed by atoms with Crippen LogP contribution in [0.3, 0.4) is 0 Å². The molecule has 23 heavy (non-hydrogen) atoms. The molecular weight excluding hydrogens is 284 g/mol. The van der Waals surface area contributed by atoms with Crippen LogP contribution in [0.25, 0.3) is 0 Å². The lowest BCUT2D eigenvalue weighted by molar-refractivity contribution is -0.186. The number of carbonyl (C=O) groups excluding carboxylic acids is 1. The number of hydrogen-bond donors (Lipinski definition) is 0. The zero-order chi connectivity index (χ0) is 16.8. The number of cyclic esters (lactones) is 1. The van der Waals surface area contributed by atoms with E-state index < -0.39 is 0 Å². The quantitative estimate of drug-likeness (QED) is 0.230. The van der Waals surface area contributed by atoms with Gasteiger partial charge < -0.3 is 4.74 Å². The summed E-state index contributed by atoms with van der Waals surface area (Å²) in [6, 6.07) is 0. The van der Waals surface area contributed by atoms with E-state index >= 15 is 0 Å². The van der Waals surface area contributed by atoms with E-state index in [-0.39, 0.29) is 18.0 Å². The topological polar surface area (TPSA) is 26.3 Å². The summed E-state index contributed by atoms with van der Waals surface area (Å²) in [6.45, 7) is 4.49. The lowest BCUT2D eigenvalue weighted by Crippen LogP contribution is -2.44. The lowest BCUT2D eigenvalue weighted by Gasteiger charge is -2.35. The van der Waals surface area contributed by atoms with Crippen LogP contribution >= 0.6 is 0 Å². The molecule has 2 atom stereocenters. The van der Waals surface area contributed by atoms with Crippen LogP contribution in [0.4, 0.5) is 0 Å². The Kier molecular flexibility index (Phi) is 12.4. The molecule has 2 nitrogen and oxygen atoms in total. The Morgan fingerprint density at radius 3 is 1.61 bits per heavy atom. The number of rotatable bonds is 16. The van der Waals surface area contributed by atoms with Crippen molar-refractivity contribution in [1.29, 1.82) is 0 Å². The summed E-state index contributed by atoms with van der Waals surface area (Å²) < 4.78 is 5.34. The molecule has 0 aromatic rings. The predicted molar refractivity (Wildman–Crippen MR) is 98.6 cm³/mol.